The van der Waals surface area contributed by atoms with Gasteiger partial charge in [0.15, 0.2) is 6.61 Å². The molecule has 1 unspecified atom stereocenters. The van der Waals surface area contributed by atoms with Gasteiger partial charge in [-0.25, -0.2) is 4.79 Å². The summed E-state index contributed by atoms with van der Waals surface area (Å²) in [6.45, 7) is 1.59. The lowest BCUT2D eigenvalue weighted by atomic mass is 10.0. The van der Waals surface area contributed by atoms with E-state index in [1.54, 1.807) is 6.92 Å². The molecule has 0 aromatic heterocycles. The third-order valence-electron chi connectivity index (χ3n) is 2.50. The Kier molecular flexibility index (Phi) is 6.74. The standard InChI is InChI=1S/C13H16Cl2N2O4/c1-2-20-12(19)6-21-13-8(10(16)5-11(17)18)3-7(14)4-9(13)15/h3-4,10H,2,5-6,16H2,1H3,(H2,17,18). The molecule has 116 valence electrons. The minimum absolute atomic E-state index is 0.105. The molecular weight excluding hydrogens is 319 g/mol. The molecule has 0 bridgehead atoms. The van der Waals surface area contributed by atoms with Crippen molar-refractivity contribution in [2.45, 2.75) is 19.4 Å². The molecule has 6 nitrogen and oxygen atoms in total. The fraction of sp³-hybridized carbons (Fsp3) is 0.385. The van der Waals surface area contributed by atoms with E-state index in [1.807, 2.05) is 0 Å². The molecule has 0 aliphatic rings. The van der Waals surface area contributed by atoms with Crippen LogP contribution < -0.4 is 16.2 Å². The number of primary amides is 1. The van der Waals surface area contributed by atoms with Gasteiger partial charge < -0.3 is 20.9 Å². The third kappa shape index (κ3) is 5.41. The van der Waals surface area contributed by atoms with E-state index >= 15 is 0 Å². The summed E-state index contributed by atoms with van der Waals surface area (Å²) in [7, 11) is 0. The summed E-state index contributed by atoms with van der Waals surface area (Å²) < 4.78 is 10.1. The molecule has 21 heavy (non-hydrogen) atoms. The highest BCUT2D eigenvalue weighted by Gasteiger charge is 2.19. The SMILES string of the molecule is CCOC(=O)COc1c(Cl)cc(Cl)cc1C(N)CC(N)=O. The fourth-order valence-corrected chi connectivity index (χ4v) is 2.23. The Hall–Kier alpha value is -1.50. The summed E-state index contributed by atoms with van der Waals surface area (Å²) in [4.78, 5) is 22.3. The molecule has 0 fully saturated rings. The van der Waals surface area contributed by atoms with Crippen LogP contribution in [0.1, 0.15) is 24.9 Å². The van der Waals surface area contributed by atoms with Crippen LogP contribution in [0.3, 0.4) is 0 Å². The lowest BCUT2D eigenvalue weighted by Crippen LogP contribution is -2.22. The molecule has 0 saturated heterocycles. The van der Waals surface area contributed by atoms with E-state index in [2.05, 4.69) is 0 Å². The van der Waals surface area contributed by atoms with Gasteiger partial charge in [0, 0.05) is 23.0 Å². The van der Waals surface area contributed by atoms with Crippen molar-refractivity contribution in [2.75, 3.05) is 13.2 Å². The summed E-state index contributed by atoms with van der Waals surface area (Å²) >= 11 is 12.0. The van der Waals surface area contributed by atoms with Crippen LogP contribution in [0.4, 0.5) is 0 Å². The molecule has 8 heteroatoms. The Morgan fingerprint density at radius 1 is 1.33 bits per heavy atom. The van der Waals surface area contributed by atoms with E-state index in [4.69, 9.17) is 44.1 Å². The Labute approximate surface area is 132 Å². The number of halogens is 2. The second-order valence-corrected chi connectivity index (χ2v) is 5.02. The number of hydrogen-bond acceptors (Lipinski definition) is 5. The van der Waals surface area contributed by atoms with Crippen LogP contribution in [0.2, 0.25) is 10.0 Å². The van der Waals surface area contributed by atoms with Crippen LogP contribution in [0.5, 0.6) is 5.75 Å². The number of carbonyl (C=O) groups is 2. The minimum Gasteiger partial charge on any atom is -0.480 e. The Balaban J connectivity index is 3.00. The van der Waals surface area contributed by atoms with Gasteiger partial charge in [-0.3, -0.25) is 4.79 Å². The molecule has 1 rings (SSSR count). The number of hydrogen-bond donors (Lipinski definition) is 2. The molecule has 0 heterocycles. The van der Waals surface area contributed by atoms with Crippen molar-refractivity contribution in [1.82, 2.24) is 0 Å². The van der Waals surface area contributed by atoms with Crippen LogP contribution >= 0.6 is 23.2 Å². The number of benzene rings is 1. The molecular formula is C13H16Cl2N2O4. The lowest BCUT2D eigenvalue weighted by molar-refractivity contribution is -0.145. The Bertz CT molecular complexity index is 537. The maximum absolute atomic E-state index is 11.3. The second kappa shape index (κ2) is 8.07. The summed E-state index contributed by atoms with van der Waals surface area (Å²) in [5, 5.41) is 0.514. The van der Waals surface area contributed by atoms with Crippen molar-refractivity contribution in [1.29, 1.82) is 0 Å². The van der Waals surface area contributed by atoms with Gasteiger partial charge in [-0.1, -0.05) is 23.2 Å². The topological polar surface area (TPSA) is 105 Å². The van der Waals surface area contributed by atoms with Crippen molar-refractivity contribution in [3.8, 4) is 5.75 Å². The number of amides is 1. The minimum atomic E-state index is -0.740. The third-order valence-corrected chi connectivity index (χ3v) is 3.00. The molecule has 0 aliphatic carbocycles. The zero-order chi connectivity index (χ0) is 16.0. The summed E-state index contributed by atoms with van der Waals surface area (Å²) in [5.74, 6) is -0.934. The van der Waals surface area contributed by atoms with E-state index in [0.29, 0.717) is 10.6 Å². The first-order chi connectivity index (χ1) is 9.85. The molecule has 0 spiro atoms. The molecule has 1 aromatic rings. The Morgan fingerprint density at radius 3 is 2.57 bits per heavy atom. The van der Waals surface area contributed by atoms with E-state index < -0.39 is 17.9 Å². The monoisotopic (exact) mass is 334 g/mol. The number of nitrogens with two attached hydrogens (primary N) is 2. The van der Waals surface area contributed by atoms with Crippen LogP contribution in [-0.2, 0) is 14.3 Å². The number of rotatable bonds is 7. The van der Waals surface area contributed by atoms with Gasteiger partial charge in [0.1, 0.15) is 5.75 Å². The fourth-order valence-electron chi connectivity index (χ4n) is 1.67. The van der Waals surface area contributed by atoms with Gasteiger partial charge in [0.25, 0.3) is 0 Å². The average Bonchev–Trinajstić information content (AvgIpc) is 2.36. The van der Waals surface area contributed by atoms with E-state index in [1.165, 1.54) is 12.1 Å². The first kappa shape index (κ1) is 17.6. The first-order valence-electron chi connectivity index (χ1n) is 6.16. The van der Waals surface area contributed by atoms with Crippen molar-refractivity contribution in [2.24, 2.45) is 11.5 Å². The lowest BCUT2D eigenvalue weighted by Gasteiger charge is -2.17. The van der Waals surface area contributed by atoms with Crippen molar-refractivity contribution in [3.63, 3.8) is 0 Å². The zero-order valence-electron chi connectivity index (χ0n) is 11.4. The molecule has 1 atom stereocenters. The normalized spacial score (nSPS) is 11.8. The average molecular weight is 335 g/mol. The summed E-state index contributed by atoms with van der Waals surface area (Å²) in [5.41, 5.74) is 11.4. The van der Waals surface area contributed by atoms with Gasteiger partial charge in [-0.05, 0) is 19.1 Å². The van der Waals surface area contributed by atoms with Gasteiger partial charge in [0.2, 0.25) is 5.91 Å². The van der Waals surface area contributed by atoms with Crippen molar-refractivity contribution in [3.05, 3.63) is 27.7 Å². The maximum atomic E-state index is 11.3. The van der Waals surface area contributed by atoms with Gasteiger partial charge in [0.05, 0.1) is 11.6 Å². The molecule has 0 radical (unpaired) electrons. The molecule has 4 N–H and O–H groups in total. The van der Waals surface area contributed by atoms with E-state index in [0.717, 1.165) is 0 Å². The second-order valence-electron chi connectivity index (χ2n) is 4.18. The molecule has 1 amide bonds. The van der Waals surface area contributed by atoms with Crippen molar-refractivity contribution >= 4 is 35.1 Å². The van der Waals surface area contributed by atoms with Gasteiger partial charge >= 0.3 is 5.97 Å². The smallest absolute Gasteiger partial charge is 0.344 e. The maximum Gasteiger partial charge on any atom is 0.344 e. The molecule has 0 saturated carbocycles. The van der Waals surface area contributed by atoms with Crippen molar-refractivity contribution < 1.29 is 19.1 Å². The number of ether oxygens (including phenoxy) is 2. The van der Waals surface area contributed by atoms with E-state index in [9.17, 15) is 9.59 Å². The quantitative estimate of drug-likeness (QED) is 0.740. The zero-order valence-corrected chi connectivity index (χ0v) is 12.9. The summed E-state index contributed by atoms with van der Waals surface area (Å²) in [6, 6.07) is 2.22. The Morgan fingerprint density at radius 2 is 2.00 bits per heavy atom. The first-order valence-corrected chi connectivity index (χ1v) is 6.92. The highest BCUT2D eigenvalue weighted by Crippen LogP contribution is 2.36. The van der Waals surface area contributed by atoms with E-state index in [-0.39, 0.29) is 30.4 Å². The predicted octanol–water partition coefficient (Wildman–Crippen LogP) is 1.81. The summed E-state index contributed by atoms with van der Waals surface area (Å²) in [6.07, 6.45) is -0.105. The predicted molar refractivity (Wildman–Crippen MR) is 79.3 cm³/mol. The highest BCUT2D eigenvalue weighted by atomic mass is 35.5. The number of carbonyl (C=O) groups excluding carboxylic acids is 2. The number of esters is 1. The van der Waals surface area contributed by atoms with Crippen LogP contribution in [0.25, 0.3) is 0 Å². The molecule has 0 aliphatic heterocycles. The van der Waals surface area contributed by atoms with Crippen LogP contribution in [-0.4, -0.2) is 25.1 Å². The largest absolute Gasteiger partial charge is 0.480 e. The van der Waals surface area contributed by atoms with Gasteiger partial charge in [-0.15, -0.1) is 0 Å². The highest BCUT2D eigenvalue weighted by molar-refractivity contribution is 6.35. The van der Waals surface area contributed by atoms with Gasteiger partial charge in [-0.2, -0.15) is 0 Å². The van der Waals surface area contributed by atoms with Crippen LogP contribution in [0, 0.1) is 0 Å². The van der Waals surface area contributed by atoms with Crippen LogP contribution in [0.15, 0.2) is 12.1 Å². The molecule has 1 aromatic carbocycles.